The summed E-state index contributed by atoms with van der Waals surface area (Å²) < 4.78 is 6.24. The number of carboxylic acid groups (broad SMARTS) is 1. The number of aryl methyl sites for hydroxylation is 1. The van der Waals surface area contributed by atoms with Crippen LogP contribution in [0, 0.1) is 6.92 Å². The fraction of sp³-hybridized carbons (Fsp3) is 0.310. The van der Waals surface area contributed by atoms with E-state index in [2.05, 4.69) is 6.92 Å². The lowest BCUT2D eigenvalue weighted by molar-refractivity contribution is -0.137. The smallest absolute Gasteiger partial charge is 0.305 e. The second-order valence-electron chi connectivity index (χ2n) is 8.94. The van der Waals surface area contributed by atoms with Gasteiger partial charge in [-0.2, -0.15) is 0 Å². The normalized spacial score (nSPS) is 12.6. The minimum absolute atomic E-state index is 0.0522. The summed E-state index contributed by atoms with van der Waals surface area (Å²) in [5.74, 6) is 5.39. The highest BCUT2D eigenvalue weighted by atomic mass is 35.5. The number of amides is 1. The van der Waals surface area contributed by atoms with Crippen LogP contribution in [0.5, 0.6) is 5.75 Å². The number of carbonyl (C=O) groups excluding carboxylic acids is 1. The van der Waals surface area contributed by atoms with Crippen LogP contribution in [0.3, 0.4) is 0 Å². The second-order valence-corrected chi connectivity index (χ2v) is 9.38. The summed E-state index contributed by atoms with van der Waals surface area (Å²) in [6, 6.07) is 23.3. The van der Waals surface area contributed by atoms with E-state index in [4.69, 9.17) is 27.3 Å². The molecule has 1 amide bonds. The molecule has 0 fully saturated rings. The maximum Gasteiger partial charge on any atom is 0.305 e. The number of nitrogens with two attached hydrogens (primary N) is 1. The molecule has 0 aliphatic rings. The van der Waals surface area contributed by atoms with Crippen molar-refractivity contribution in [2.75, 3.05) is 13.2 Å². The van der Waals surface area contributed by atoms with Crippen molar-refractivity contribution in [1.82, 2.24) is 5.01 Å². The van der Waals surface area contributed by atoms with Crippen LogP contribution in [0.2, 0.25) is 5.02 Å². The molecule has 7 heteroatoms. The first kappa shape index (κ1) is 27.2. The van der Waals surface area contributed by atoms with Crippen molar-refractivity contribution in [3.05, 3.63) is 100 Å². The lowest BCUT2D eigenvalue weighted by Crippen LogP contribution is -2.38. The van der Waals surface area contributed by atoms with Crippen molar-refractivity contribution in [2.45, 2.75) is 44.9 Å². The topological polar surface area (TPSA) is 92.9 Å². The quantitative estimate of drug-likeness (QED) is 0.173. The highest BCUT2D eigenvalue weighted by Gasteiger charge is 2.26. The molecule has 0 spiro atoms. The number of hydrazine groups is 1. The van der Waals surface area contributed by atoms with Gasteiger partial charge in [0.15, 0.2) is 0 Å². The minimum atomic E-state index is -1.00. The van der Waals surface area contributed by atoms with Crippen molar-refractivity contribution in [3.63, 3.8) is 0 Å². The van der Waals surface area contributed by atoms with E-state index < -0.39 is 11.9 Å². The van der Waals surface area contributed by atoms with Crippen LogP contribution in [0.25, 0.3) is 0 Å². The number of nitrogens with zero attached hydrogens (tertiary/aromatic N) is 1. The van der Waals surface area contributed by atoms with E-state index in [-0.39, 0.29) is 24.8 Å². The molecule has 0 aliphatic carbocycles. The number of aliphatic carboxylic acids is 1. The fourth-order valence-electron chi connectivity index (χ4n) is 4.24. The third-order valence-electron chi connectivity index (χ3n) is 6.25. The molecule has 3 aromatic rings. The van der Waals surface area contributed by atoms with Gasteiger partial charge in [-0.1, -0.05) is 66.9 Å². The van der Waals surface area contributed by atoms with Gasteiger partial charge < -0.3 is 9.84 Å². The van der Waals surface area contributed by atoms with E-state index in [9.17, 15) is 9.59 Å². The molecule has 3 N–H and O–H groups in total. The van der Waals surface area contributed by atoms with Crippen molar-refractivity contribution in [1.29, 1.82) is 0 Å². The standard InChI is InChI=1S/C29H33ClN2O4/c1-3-4-26(21-7-9-23(10-8-21)29(35)32(31)18-17-28(33)34)27(22-11-13-24(30)14-12-22)19-36-25-15-5-20(2)6-16-25/h5-16,26-27H,3-4,17-19,31H2,1-2H3,(H,33,34). The molecule has 0 bridgehead atoms. The van der Waals surface area contributed by atoms with Gasteiger partial charge in [0.05, 0.1) is 13.0 Å². The van der Waals surface area contributed by atoms with Crippen molar-refractivity contribution in [2.24, 2.45) is 5.84 Å². The van der Waals surface area contributed by atoms with Crippen LogP contribution in [-0.2, 0) is 4.79 Å². The molecule has 190 valence electrons. The number of benzene rings is 3. The van der Waals surface area contributed by atoms with E-state index in [0.717, 1.165) is 34.7 Å². The van der Waals surface area contributed by atoms with Gasteiger partial charge in [0, 0.05) is 23.0 Å². The summed E-state index contributed by atoms with van der Waals surface area (Å²) in [4.78, 5) is 23.4. The maximum atomic E-state index is 12.6. The predicted molar refractivity (Wildman–Crippen MR) is 142 cm³/mol. The number of rotatable bonds is 12. The zero-order valence-electron chi connectivity index (χ0n) is 20.7. The van der Waals surface area contributed by atoms with E-state index in [1.165, 1.54) is 5.56 Å². The average molecular weight is 509 g/mol. The lowest BCUT2D eigenvalue weighted by atomic mass is 9.79. The van der Waals surface area contributed by atoms with Gasteiger partial charge >= 0.3 is 5.97 Å². The van der Waals surface area contributed by atoms with Crippen molar-refractivity contribution in [3.8, 4) is 5.75 Å². The monoisotopic (exact) mass is 508 g/mol. The van der Waals surface area contributed by atoms with Crippen LogP contribution < -0.4 is 10.6 Å². The first-order chi connectivity index (χ1) is 17.3. The number of carboxylic acids is 1. The fourth-order valence-corrected chi connectivity index (χ4v) is 4.37. The number of hydrogen-bond donors (Lipinski definition) is 2. The molecule has 0 radical (unpaired) electrons. The van der Waals surface area contributed by atoms with E-state index in [1.54, 1.807) is 12.1 Å². The molecule has 0 saturated heterocycles. The van der Waals surface area contributed by atoms with E-state index >= 15 is 0 Å². The number of hydrogen-bond acceptors (Lipinski definition) is 4. The Kier molecular flexibility index (Phi) is 9.91. The predicted octanol–water partition coefficient (Wildman–Crippen LogP) is 6.19. The lowest BCUT2D eigenvalue weighted by Gasteiger charge is -2.28. The molecule has 0 heterocycles. The molecule has 2 unspecified atom stereocenters. The first-order valence-electron chi connectivity index (χ1n) is 12.1. The van der Waals surface area contributed by atoms with E-state index in [0.29, 0.717) is 17.2 Å². The Bertz CT molecular complexity index is 1130. The summed E-state index contributed by atoms with van der Waals surface area (Å²) in [5, 5.41) is 10.5. The summed E-state index contributed by atoms with van der Waals surface area (Å²) in [6.07, 6.45) is 1.70. The van der Waals surface area contributed by atoms with Gasteiger partial charge in [0.1, 0.15) is 5.75 Å². The van der Waals surface area contributed by atoms with Gasteiger partial charge in [0.2, 0.25) is 0 Å². The second kappa shape index (κ2) is 13.1. The SMILES string of the molecule is CCCC(c1ccc(C(=O)N(N)CCC(=O)O)cc1)C(COc1ccc(C)cc1)c1ccc(Cl)cc1. The van der Waals surface area contributed by atoms with Crippen LogP contribution in [0.15, 0.2) is 72.8 Å². The van der Waals surface area contributed by atoms with Gasteiger partial charge in [-0.3, -0.25) is 14.6 Å². The summed E-state index contributed by atoms with van der Waals surface area (Å²) in [7, 11) is 0. The molecule has 2 atom stereocenters. The number of halogens is 1. The summed E-state index contributed by atoms with van der Waals surface area (Å²) in [6.45, 7) is 4.63. The third-order valence-corrected chi connectivity index (χ3v) is 6.50. The molecule has 3 rings (SSSR count). The molecular formula is C29H33ClN2O4. The number of ether oxygens (including phenoxy) is 1. The largest absolute Gasteiger partial charge is 0.493 e. The van der Waals surface area contributed by atoms with Gasteiger partial charge in [-0.15, -0.1) is 0 Å². The zero-order chi connectivity index (χ0) is 26.1. The van der Waals surface area contributed by atoms with Gasteiger partial charge in [-0.25, -0.2) is 5.84 Å². The molecular weight excluding hydrogens is 476 g/mol. The Morgan fingerprint density at radius 1 is 0.944 bits per heavy atom. The highest BCUT2D eigenvalue weighted by molar-refractivity contribution is 6.30. The molecule has 3 aromatic carbocycles. The Morgan fingerprint density at radius 2 is 1.53 bits per heavy atom. The average Bonchev–Trinajstić information content (AvgIpc) is 2.88. The molecule has 6 nitrogen and oxygen atoms in total. The van der Waals surface area contributed by atoms with Crippen LogP contribution in [0.1, 0.15) is 65.1 Å². The van der Waals surface area contributed by atoms with E-state index in [1.807, 2.05) is 67.6 Å². The van der Waals surface area contributed by atoms with Crippen LogP contribution in [-0.4, -0.2) is 35.1 Å². The van der Waals surface area contributed by atoms with Crippen molar-refractivity contribution < 1.29 is 19.4 Å². The maximum absolute atomic E-state index is 12.6. The van der Waals surface area contributed by atoms with Crippen molar-refractivity contribution >= 4 is 23.5 Å². The van der Waals surface area contributed by atoms with Crippen LogP contribution in [0.4, 0.5) is 0 Å². The minimum Gasteiger partial charge on any atom is -0.493 e. The zero-order valence-corrected chi connectivity index (χ0v) is 21.4. The first-order valence-corrected chi connectivity index (χ1v) is 12.5. The Labute approximate surface area is 217 Å². The third kappa shape index (κ3) is 7.57. The molecule has 36 heavy (non-hydrogen) atoms. The van der Waals surface area contributed by atoms with Gasteiger partial charge in [-0.05, 0) is 66.8 Å². The molecule has 0 aliphatic heterocycles. The number of carbonyl (C=O) groups is 2. The van der Waals surface area contributed by atoms with Gasteiger partial charge in [0.25, 0.3) is 5.91 Å². The highest BCUT2D eigenvalue weighted by Crippen LogP contribution is 2.38. The Balaban J connectivity index is 1.85. The summed E-state index contributed by atoms with van der Waals surface area (Å²) in [5.41, 5.74) is 3.82. The Morgan fingerprint density at radius 3 is 2.11 bits per heavy atom. The summed E-state index contributed by atoms with van der Waals surface area (Å²) >= 11 is 6.16. The van der Waals surface area contributed by atoms with Crippen LogP contribution >= 0.6 is 11.6 Å². The molecule has 0 aromatic heterocycles. The molecule has 0 saturated carbocycles. The Hall–Kier alpha value is -3.35.